The van der Waals surface area contributed by atoms with Gasteiger partial charge in [-0.25, -0.2) is 0 Å². The van der Waals surface area contributed by atoms with Crippen molar-refractivity contribution in [3.05, 3.63) is 0 Å². The lowest BCUT2D eigenvalue weighted by Gasteiger charge is -2.56. The van der Waals surface area contributed by atoms with Gasteiger partial charge in [0.15, 0.2) is 0 Å². The third kappa shape index (κ3) is 52.0. The maximum Gasteiger partial charge on any atom is -0.0215 e. The van der Waals surface area contributed by atoms with Crippen molar-refractivity contribution in [1.29, 1.82) is 0 Å². The first-order valence-corrected chi connectivity index (χ1v) is 40.5. The quantitative estimate of drug-likeness (QED) is 0.0533. The van der Waals surface area contributed by atoms with Crippen LogP contribution < -0.4 is 0 Å². The minimum atomic E-state index is 0.513. The van der Waals surface area contributed by atoms with Gasteiger partial charge in [0.1, 0.15) is 0 Å². The van der Waals surface area contributed by atoms with Crippen LogP contribution in [0.25, 0.3) is 0 Å². The fraction of sp³-hybridized carbons (Fsp3) is 1.00. The fourth-order valence-corrected chi connectivity index (χ4v) is 15.8. The molecular weight excluding hydrogens is 985 g/mol. The van der Waals surface area contributed by atoms with Crippen LogP contribution in [0.4, 0.5) is 0 Å². The normalized spacial score (nSPS) is 12.6. The molecule has 0 bridgehead atoms. The Morgan fingerprint density at radius 1 is 0.159 bits per heavy atom. The standard InChI is InChI=1S/C82H166/c1-8-14-20-26-32-38-44-50-56-62-68-74-80(7)82(78-72-66-60-54-48-42-36-30-24-18-12-5,79-73-67-61-55-49-43-37-31-25-19-13-6)81(75-69-63-57-51-45-39-33-27-21-15-9-2,76-70-64-58-52-46-40-34-28-22-16-10-3)77-71-65-59-53-47-41-35-29-23-17-11-4/h80H,8-79H2,1-7H3. The summed E-state index contributed by atoms with van der Waals surface area (Å²) in [6.45, 7) is 17.1. The number of unbranched alkanes of at least 4 members (excludes halogenated alkanes) is 60. The highest BCUT2D eigenvalue weighted by Gasteiger charge is 2.51. The van der Waals surface area contributed by atoms with E-state index in [1.807, 2.05) is 0 Å². The van der Waals surface area contributed by atoms with Crippen LogP contribution >= 0.6 is 0 Å². The van der Waals surface area contributed by atoms with Crippen molar-refractivity contribution in [2.75, 3.05) is 0 Å². The largest absolute Gasteiger partial charge is 0.0654 e. The molecule has 1 unspecified atom stereocenters. The van der Waals surface area contributed by atoms with Crippen LogP contribution in [0.2, 0.25) is 0 Å². The zero-order valence-corrected chi connectivity index (χ0v) is 59.5. The van der Waals surface area contributed by atoms with E-state index in [9.17, 15) is 0 Å². The number of hydrogen-bond acceptors (Lipinski definition) is 0. The van der Waals surface area contributed by atoms with Gasteiger partial charge in [-0.2, -0.15) is 0 Å². The van der Waals surface area contributed by atoms with Crippen LogP contribution in [0.5, 0.6) is 0 Å². The first kappa shape index (κ1) is 82.0. The molecule has 82 heavy (non-hydrogen) atoms. The predicted octanol–water partition coefficient (Wildman–Crippen LogP) is 31.8. The number of rotatable bonds is 74. The third-order valence-corrected chi connectivity index (χ3v) is 21.5. The fourth-order valence-electron chi connectivity index (χ4n) is 15.8. The maximum absolute atomic E-state index is 2.92. The monoisotopic (exact) mass is 1150 g/mol. The summed E-state index contributed by atoms with van der Waals surface area (Å²) < 4.78 is 0. The highest BCUT2D eigenvalue weighted by atomic mass is 14.6. The molecule has 0 aliphatic carbocycles. The minimum absolute atomic E-state index is 0.513. The molecule has 0 radical (unpaired) electrons. The average Bonchev–Trinajstić information content (AvgIpc) is 3.62. The SMILES string of the molecule is CCCCCCCCCCCCCC(C)C(CCCCCCCCCCCCC)(CCCCCCCCCCCCC)C(CCCCCCCCCCCCC)(CCCCCCCCCCCCC)CCCCCCCCCCCCC. The molecule has 0 aliphatic heterocycles. The maximum atomic E-state index is 2.92. The molecule has 494 valence electrons. The molecule has 0 aliphatic rings. The molecule has 0 amide bonds. The Hall–Kier alpha value is 0. The molecule has 0 heteroatoms. The van der Waals surface area contributed by atoms with Crippen molar-refractivity contribution < 1.29 is 0 Å². The topological polar surface area (TPSA) is 0 Å². The molecule has 0 heterocycles. The van der Waals surface area contributed by atoms with Crippen molar-refractivity contribution in [3.8, 4) is 0 Å². The second kappa shape index (κ2) is 68.5. The summed E-state index contributed by atoms with van der Waals surface area (Å²) in [6, 6.07) is 0. The Bertz CT molecular complexity index is 1030. The van der Waals surface area contributed by atoms with E-state index >= 15 is 0 Å². The Morgan fingerprint density at radius 3 is 0.463 bits per heavy atom. The molecule has 1 atom stereocenters. The second-order valence-corrected chi connectivity index (χ2v) is 29.1. The highest BCUT2D eigenvalue weighted by Crippen LogP contribution is 2.61. The van der Waals surface area contributed by atoms with Gasteiger partial charge in [0.2, 0.25) is 0 Å². The van der Waals surface area contributed by atoms with Gasteiger partial charge in [-0.1, -0.05) is 479 Å². The van der Waals surface area contributed by atoms with Gasteiger partial charge < -0.3 is 0 Å². The van der Waals surface area contributed by atoms with E-state index in [4.69, 9.17) is 0 Å². The lowest BCUT2D eigenvalue weighted by atomic mass is 9.48. The van der Waals surface area contributed by atoms with E-state index in [1.165, 1.54) is 430 Å². The van der Waals surface area contributed by atoms with Crippen molar-refractivity contribution in [3.63, 3.8) is 0 Å². The van der Waals surface area contributed by atoms with Crippen molar-refractivity contribution in [1.82, 2.24) is 0 Å². The lowest BCUT2D eigenvalue weighted by Crippen LogP contribution is -2.47. The molecule has 0 rings (SSSR count). The van der Waals surface area contributed by atoms with E-state index in [0.29, 0.717) is 10.8 Å². The van der Waals surface area contributed by atoms with Gasteiger partial charge in [-0.15, -0.1) is 0 Å². The third-order valence-electron chi connectivity index (χ3n) is 21.5. The summed E-state index contributed by atoms with van der Waals surface area (Å²) in [5.41, 5.74) is 1.04. The van der Waals surface area contributed by atoms with Gasteiger partial charge in [0.05, 0.1) is 0 Å². The molecule has 0 spiro atoms. The zero-order valence-electron chi connectivity index (χ0n) is 59.5. The Morgan fingerprint density at radius 2 is 0.293 bits per heavy atom. The average molecular weight is 1150 g/mol. The lowest BCUT2D eigenvalue weighted by molar-refractivity contribution is -0.0672. The van der Waals surface area contributed by atoms with Crippen LogP contribution in [-0.4, -0.2) is 0 Å². The van der Waals surface area contributed by atoms with Crippen LogP contribution in [-0.2, 0) is 0 Å². The van der Waals surface area contributed by atoms with Gasteiger partial charge in [0, 0.05) is 0 Å². The molecule has 0 aromatic rings. The van der Waals surface area contributed by atoms with Gasteiger partial charge in [-0.3, -0.25) is 0 Å². The molecule has 0 nitrogen and oxygen atoms in total. The summed E-state index contributed by atoms with van der Waals surface area (Å²) in [4.78, 5) is 0. The molecule has 0 aromatic heterocycles. The molecule has 0 fully saturated rings. The molecular formula is C82H166. The van der Waals surface area contributed by atoms with E-state index in [-0.39, 0.29) is 0 Å². The molecule has 0 N–H and O–H groups in total. The van der Waals surface area contributed by atoms with Crippen LogP contribution in [0.1, 0.15) is 511 Å². The summed E-state index contributed by atoms with van der Waals surface area (Å²) in [6.07, 6.45) is 107. The van der Waals surface area contributed by atoms with Crippen molar-refractivity contribution >= 4 is 0 Å². The van der Waals surface area contributed by atoms with Crippen LogP contribution in [0.15, 0.2) is 0 Å². The smallest absolute Gasteiger partial charge is 0.0215 e. The van der Waals surface area contributed by atoms with E-state index < -0.39 is 0 Å². The molecule has 0 saturated heterocycles. The first-order chi connectivity index (χ1) is 40.5. The molecule has 0 aromatic carbocycles. The van der Waals surface area contributed by atoms with Crippen LogP contribution in [0.3, 0.4) is 0 Å². The van der Waals surface area contributed by atoms with Gasteiger partial charge in [-0.05, 0) is 48.9 Å². The minimum Gasteiger partial charge on any atom is -0.0654 e. The Balaban J connectivity index is 6.96. The van der Waals surface area contributed by atoms with Gasteiger partial charge in [0.25, 0.3) is 0 Å². The number of hydrogen-bond donors (Lipinski definition) is 0. The van der Waals surface area contributed by atoms with Gasteiger partial charge >= 0.3 is 0 Å². The second-order valence-electron chi connectivity index (χ2n) is 29.1. The predicted molar refractivity (Wildman–Crippen MR) is 380 cm³/mol. The summed E-state index contributed by atoms with van der Waals surface area (Å²) in [5.74, 6) is 0.866. The summed E-state index contributed by atoms with van der Waals surface area (Å²) >= 11 is 0. The highest BCUT2D eigenvalue weighted by molar-refractivity contribution is 5.01. The zero-order chi connectivity index (χ0) is 59.5. The Kier molecular flexibility index (Phi) is 68.5. The van der Waals surface area contributed by atoms with Crippen molar-refractivity contribution in [2.45, 2.75) is 511 Å². The first-order valence-electron chi connectivity index (χ1n) is 40.5. The van der Waals surface area contributed by atoms with E-state index in [2.05, 4.69) is 48.5 Å². The van der Waals surface area contributed by atoms with Crippen LogP contribution in [0, 0.1) is 16.7 Å². The van der Waals surface area contributed by atoms with E-state index in [1.54, 1.807) is 32.1 Å². The van der Waals surface area contributed by atoms with Crippen molar-refractivity contribution in [2.24, 2.45) is 16.7 Å². The van der Waals surface area contributed by atoms with E-state index in [0.717, 1.165) is 5.92 Å². The summed E-state index contributed by atoms with van der Waals surface area (Å²) in [7, 11) is 0. The summed E-state index contributed by atoms with van der Waals surface area (Å²) in [5, 5.41) is 0. The molecule has 0 saturated carbocycles. The Labute approximate surface area is 524 Å².